The van der Waals surface area contributed by atoms with Crippen molar-refractivity contribution in [2.75, 3.05) is 14.2 Å². The Morgan fingerprint density at radius 2 is 2.00 bits per heavy atom. The van der Waals surface area contributed by atoms with Crippen LogP contribution in [0.5, 0.6) is 11.5 Å². The monoisotopic (exact) mass is 334 g/mol. The first-order valence-corrected chi connectivity index (χ1v) is 7.16. The van der Waals surface area contributed by atoms with Gasteiger partial charge in [-0.25, -0.2) is 0 Å². The zero-order chi connectivity index (χ0) is 17.7. The Hall–Kier alpha value is -2.80. The van der Waals surface area contributed by atoms with Gasteiger partial charge in [-0.05, 0) is 17.7 Å². The number of carbonyl (C=O) groups excluding carboxylic acids is 1. The molecule has 24 heavy (non-hydrogen) atoms. The van der Waals surface area contributed by atoms with Crippen LogP contribution in [0.15, 0.2) is 39.5 Å². The van der Waals surface area contributed by atoms with E-state index in [1.54, 1.807) is 12.1 Å². The minimum atomic E-state index is -0.797. The topological polar surface area (TPSA) is 106 Å². The van der Waals surface area contributed by atoms with Gasteiger partial charge in [0.1, 0.15) is 18.1 Å². The molecule has 1 atom stereocenters. The standard InChI is InChI=1S/C17H18O7/c1-22-9-12-7-14(19)16(21)17(24-12)13(8-15(20)23-2)10-4-3-5-11(18)6-10/h3-7,13,18,21H,8-9H2,1-2H3/t13-/m1/s1. The predicted molar refractivity (Wildman–Crippen MR) is 83.9 cm³/mol. The van der Waals surface area contributed by atoms with Crippen LogP contribution in [0.3, 0.4) is 0 Å². The Labute approximate surface area is 138 Å². The third-order valence-corrected chi connectivity index (χ3v) is 3.47. The van der Waals surface area contributed by atoms with Crippen LogP contribution in [0.2, 0.25) is 0 Å². The average Bonchev–Trinajstić information content (AvgIpc) is 2.56. The van der Waals surface area contributed by atoms with Gasteiger partial charge >= 0.3 is 5.97 Å². The van der Waals surface area contributed by atoms with Crippen LogP contribution >= 0.6 is 0 Å². The van der Waals surface area contributed by atoms with Crippen LogP contribution in [-0.2, 0) is 20.9 Å². The van der Waals surface area contributed by atoms with Gasteiger partial charge in [0.2, 0.25) is 11.2 Å². The summed E-state index contributed by atoms with van der Waals surface area (Å²) in [6.45, 7) is 0.0352. The maximum absolute atomic E-state index is 12.0. The van der Waals surface area contributed by atoms with Gasteiger partial charge in [-0.1, -0.05) is 12.1 Å². The first-order chi connectivity index (χ1) is 11.5. The average molecular weight is 334 g/mol. The van der Waals surface area contributed by atoms with E-state index < -0.39 is 23.1 Å². The molecule has 1 aromatic heterocycles. The highest BCUT2D eigenvalue weighted by Crippen LogP contribution is 2.34. The van der Waals surface area contributed by atoms with E-state index in [1.165, 1.54) is 26.4 Å². The number of phenolic OH excluding ortho intramolecular Hbond substituents is 1. The van der Waals surface area contributed by atoms with Gasteiger partial charge in [-0.2, -0.15) is 0 Å². The van der Waals surface area contributed by atoms with Crippen LogP contribution < -0.4 is 5.43 Å². The number of hydrogen-bond donors (Lipinski definition) is 2. The van der Waals surface area contributed by atoms with E-state index in [2.05, 4.69) is 4.74 Å². The first-order valence-electron chi connectivity index (χ1n) is 7.16. The number of esters is 1. The second kappa shape index (κ2) is 7.65. The van der Waals surface area contributed by atoms with E-state index in [0.717, 1.165) is 6.07 Å². The Morgan fingerprint density at radius 3 is 2.62 bits per heavy atom. The number of phenols is 1. The van der Waals surface area contributed by atoms with Gasteiger partial charge in [0.05, 0.1) is 19.4 Å². The molecule has 1 heterocycles. The molecule has 2 aromatic rings. The van der Waals surface area contributed by atoms with Crippen LogP contribution in [0.4, 0.5) is 0 Å². The van der Waals surface area contributed by atoms with Crippen molar-refractivity contribution in [2.24, 2.45) is 0 Å². The zero-order valence-corrected chi connectivity index (χ0v) is 13.3. The molecule has 0 aliphatic rings. The van der Waals surface area contributed by atoms with Crippen molar-refractivity contribution >= 4 is 5.97 Å². The summed E-state index contributed by atoms with van der Waals surface area (Å²) in [6, 6.07) is 7.25. The molecule has 1 aromatic carbocycles. The fourth-order valence-corrected chi connectivity index (χ4v) is 2.36. The van der Waals surface area contributed by atoms with Gasteiger partial charge < -0.3 is 24.1 Å². The van der Waals surface area contributed by atoms with Gasteiger partial charge in [0, 0.05) is 13.2 Å². The Balaban J connectivity index is 2.58. The second-order valence-corrected chi connectivity index (χ2v) is 5.15. The van der Waals surface area contributed by atoms with Crippen molar-refractivity contribution in [3.05, 3.63) is 57.6 Å². The van der Waals surface area contributed by atoms with E-state index in [-0.39, 0.29) is 30.3 Å². The van der Waals surface area contributed by atoms with Crippen LogP contribution in [-0.4, -0.2) is 30.4 Å². The normalized spacial score (nSPS) is 11.9. The van der Waals surface area contributed by atoms with E-state index in [4.69, 9.17) is 9.15 Å². The van der Waals surface area contributed by atoms with Crippen molar-refractivity contribution in [1.82, 2.24) is 0 Å². The molecule has 0 saturated carbocycles. The lowest BCUT2D eigenvalue weighted by molar-refractivity contribution is -0.140. The summed E-state index contributed by atoms with van der Waals surface area (Å²) in [4.78, 5) is 23.7. The largest absolute Gasteiger partial charge is 0.508 e. The molecule has 0 aliphatic heterocycles. The molecule has 0 aliphatic carbocycles. The lowest BCUT2D eigenvalue weighted by Gasteiger charge is -2.17. The molecule has 128 valence electrons. The lowest BCUT2D eigenvalue weighted by atomic mass is 9.92. The number of aromatic hydroxyl groups is 2. The van der Waals surface area contributed by atoms with E-state index >= 15 is 0 Å². The van der Waals surface area contributed by atoms with Crippen molar-refractivity contribution in [3.8, 4) is 11.5 Å². The molecule has 7 nitrogen and oxygen atoms in total. The molecule has 0 spiro atoms. The SMILES string of the molecule is COCc1cc(=O)c(O)c([C@H](CC(=O)OC)c2cccc(O)c2)o1. The lowest BCUT2D eigenvalue weighted by Crippen LogP contribution is -2.14. The number of benzene rings is 1. The first kappa shape index (κ1) is 17.6. The second-order valence-electron chi connectivity index (χ2n) is 5.15. The smallest absolute Gasteiger partial charge is 0.306 e. The van der Waals surface area contributed by atoms with Gasteiger partial charge in [0.15, 0.2) is 5.76 Å². The summed E-state index contributed by atoms with van der Waals surface area (Å²) < 4.78 is 15.2. The Kier molecular flexibility index (Phi) is 5.59. The fraction of sp³-hybridized carbons (Fsp3) is 0.294. The molecular formula is C17H18O7. The minimum Gasteiger partial charge on any atom is -0.508 e. The Bertz CT molecular complexity index is 779. The van der Waals surface area contributed by atoms with E-state index in [1.807, 2.05) is 0 Å². The van der Waals surface area contributed by atoms with Crippen molar-refractivity contribution in [2.45, 2.75) is 18.9 Å². The minimum absolute atomic E-state index is 0.0164. The molecule has 2 N–H and O–H groups in total. The number of hydrogen-bond acceptors (Lipinski definition) is 7. The Morgan fingerprint density at radius 1 is 1.25 bits per heavy atom. The van der Waals surface area contributed by atoms with Crippen molar-refractivity contribution in [3.63, 3.8) is 0 Å². The summed E-state index contributed by atoms with van der Waals surface area (Å²) in [5.74, 6) is -1.82. The molecule has 2 rings (SSSR count). The molecular weight excluding hydrogens is 316 g/mol. The van der Waals surface area contributed by atoms with Gasteiger partial charge in [-0.3, -0.25) is 9.59 Å². The molecule has 0 bridgehead atoms. The summed E-state index contributed by atoms with van der Waals surface area (Å²) in [6.07, 6.45) is -0.174. The number of carbonyl (C=O) groups is 1. The van der Waals surface area contributed by atoms with Crippen LogP contribution in [0.25, 0.3) is 0 Å². The molecule has 0 unspecified atom stereocenters. The summed E-state index contributed by atoms with van der Waals surface area (Å²) in [5.41, 5.74) is -0.147. The molecule has 0 radical (unpaired) electrons. The maximum Gasteiger partial charge on any atom is 0.306 e. The number of ether oxygens (including phenoxy) is 2. The molecule has 0 amide bonds. The van der Waals surface area contributed by atoms with Crippen molar-refractivity contribution in [1.29, 1.82) is 0 Å². The zero-order valence-electron chi connectivity index (χ0n) is 13.3. The third-order valence-electron chi connectivity index (χ3n) is 3.47. The van der Waals surface area contributed by atoms with E-state index in [9.17, 15) is 19.8 Å². The number of rotatable bonds is 6. The summed E-state index contributed by atoms with van der Waals surface area (Å²) in [7, 11) is 2.67. The number of methoxy groups -OCH3 is 2. The van der Waals surface area contributed by atoms with Gasteiger partial charge in [-0.15, -0.1) is 0 Å². The van der Waals surface area contributed by atoms with Gasteiger partial charge in [0.25, 0.3) is 0 Å². The highest BCUT2D eigenvalue weighted by atomic mass is 16.5. The van der Waals surface area contributed by atoms with Crippen LogP contribution in [0, 0.1) is 0 Å². The predicted octanol–water partition coefficient (Wildman–Crippen LogP) is 1.89. The fourth-order valence-electron chi connectivity index (χ4n) is 2.36. The molecule has 0 saturated heterocycles. The molecule has 0 fully saturated rings. The third kappa shape index (κ3) is 3.94. The molecule has 7 heteroatoms. The quantitative estimate of drug-likeness (QED) is 0.777. The summed E-state index contributed by atoms with van der Waals surface area (Å²) in [5, 5.41) is 19.8. The van der Waals surface area contributed by atoms with Crippen molar-refractivity contribution < 1.29 is 28.9 Å². The van der Waals surface area contributed by atoms with Crippen LogP contribution in [0.1, 0.15) is 29.4 Å². The summed E-state index contributed by atoms with van der Waals surface area (Å²) >= 11 is 0. The highest BCUT2D eigenvalue weighted by molar-refractivity contribution is 5.71. The highest BCUT2D eigenvalue weighted by Gasteiger charge is 2.26. The maximum atomic E-state index is 12.0. The van der Waals surface area contributed by atoms with E-state index in [0.29, 0.717) is 5.56 Å².